The van der Waals surface area contributed by atoms with Crippen LogP contribution in [0.15, 0.2) is 78.8 Å². The van der Waals surface area contributed by atoms with Crippen LogP contribution in [0.1, 0.15) is 65.0 Å². The topological polar surface area (TPSA) is 6.25 Å². The SMILES string of the molecule is C=C(c1cccc(C)c1)N1C=CC=C/C1=C(/C)C(=C)N1CC12CCC2.CC.CC. The molecule has 0 unspecified atom stereocenters. The lowest BCUT2D eigenvalue weighted by atomic mass is 9.84. The molecule has 2 heteroatoms. The van der Waals surface area contributed by atoms with Crippen molar-refractivity contribution in [3.63, 3.8) is 0 Å². The number of hydrogen-bond acceptors (Lipinski definition) is 2. The van der Waals surface area contributed by atoms with Crippen molar-refractivity contribution in [1.82, 2.24) is 9.80 Å². The second kappa shape index (κ2) is 9.82. The first-order valence-corrected chi connectivity index (χ1v) is 11.1. The zero-order chi connectivity index (χ0) is 21.6. The Labute approximate surface area is 178 Å². The summed E-state index contributed by atoms with van der Waals surface area (Å²) in [6, 6.07) is 8.51. The fourth-order valence-electron chi connectivity index (χ4n) is 3.95. The van der Waals surface area contributed by atoms with Gasteiger partial charge in [-0.3, -0.25) is 0 Å². The van der Waals surface area contributed by atoms with E-state index in [4.69, 9.17) is 0 Å². The predicted molar refractivity (Wildman–Crippen MR) is 128 cm³/mol. The van der Waals surface area contributed by atoms with Crippen LogP contribution in [0.25, 0.3) is 5.70 Å². The van der Waals surface area contributed by atoms with Crippen LogP contribution in [0.3, 0.4) is 0 Å². The Morgan fingerprint density at radius 2 is 1.72 bits per heavy atom. The van der Waals surface area contributed by atoms with Crippen molar-refractivity contribution >= 4 is 5.70 Å². The summed E-state index contributed by atoms with van der Waals surface area (Å²) in [5.41, 5.74) is 7.41. The van der Waals surface area contributed by atoms with Gasteiger partial charge in [-0.15, -0.1) is 0 Å². The molecule has 1 spiro atoms. The van der Waals surface area contributed by atoms with Crippen molar-refractivity contribution < 1.29 is 0 Å². The number of rotatable bonds is 4. The first kappa shape index (κ1) is 22.8. The van der Waals surface area contributed by atoms with Crippen LogP contribution in [0.4, 0.5) is 0 Å². The molecule has 29 heavy (non-hydrogen) atoms. The van der Waals surface area contributed by atoms with Crippen molar-refractivity contribution in [2.24, 2.45) is 0 Å². The summed E-state index contributed by atoms with van der Waals surface area (Å²) in [5.74, 6) is 0. The molecule has 0 N–H and O–H groups in total. The molecular weight excluding hydrogens is 352 g/mol. The van der Waals surface area contributed by atoms with Crippen LogP contribution in [-0.2, 0) is 0 Å². The van der Waals surface area contributed by atoms with E-state index < -0.39 is 0 Å². The lowest BCUT2D eigenvalue weighted by Gasteiger charge is -2.31. The second-order valence-electron chi connectivity index (χ2n) is 7.51. The maximum Gasteiger partial charge on any atom is 0.0578 e. The van der Waals surface area contributed by atoms with Crippen LogP contribution < -0.4 is 0 Å². The number of aryl methyl sites for hydroxylation is 1. The number of allylic oxidation sites excluding steroid dienone is 4. The van der Waals surface area contributed by atoms with E-state index in [1.807, 2.05) is 27.7 Å². The van der Waals surface area contributed by atoms with Crippen molar-refractivity contribution in [3.8, 4) is 0 Å². The maximum absolute atomic E-state index is 4.40. The summed E-state index contributed by atoms with van der Waals surface area (Å²) in [7, 11) is 0. The Morgan fingerprint density at radius 1 is 1.03 bits per heavy atom. The van der Waals surface area contributed by atoms with Gasteiger partial charge in [-0.2, -0.15) is 0 Å². The van der Waals surface area contributed by atoms with Gasteiger partial charge < -0.3 is 9.80 Å². The smallest absolute Gasteiger partial charge is 0.0578 e. The first-order chi connectivity index (χ1) is 14.0. The summed E-state index contributed by atoms with van der Waals surface area (Å²) in [5, 5.41) is 0. The van der Waals surface area contributed by atoms with Crippen LogP contribution in [0.2, 0.25) is 0 Å². The first-order valence-electron chi connectivity index (χ1n) is 11.1. The Bertz CT molecular complexity index is 834. The highest BCUT2D eigenvalue weighted by Gasteiger charge is 2.56. The van der Waals surface area contributed by atoms with Gasteiger partial charge in [0.2, 0.25) is 0 Å². The summed E-state index contributed by atoms with van der Waals surface area (Å²) >= 11 is 0. The summed E-state index contributed by atoms with van der Waals surface area (Å²) in [6.07, 6.45) is 12.4. The van der Waals surface area contributed by atoms with E-state index in [1.165, 1.54) is 42.6 Å². The molecule has 4 rings (SSSR count). The molecule has 0 radical (unpaired) electrons. The van der Waals surface area contributed by atoms with Crippen LogP contribution in [0, 0.1) is 6.92 Å². The zero-order valence-electron chi connectivity index (χ0n) is 19.3. The number of nitrogens with zero attached hydrogens (tertiary/aromatic N) is 2. The van der Waals surface area contributed by atoms with Gasteiger partial charge in [0.25, 0.3) is 0 Å². The third kappa shape index (κ3) is 4.58. The monoisotopic (exact) mass is 390 g/mol. The van der Waals surface area contributed by atoms with Gasteiger partial charge in [0, 0.05) is 24.1 Å². The lowest BCUT2D eigenvalue weighted by molar-refractivity contribution is 0.305. The highest BCUT2D eigenvalue weighted by molar-refractivity contribution is 5.67. The molecule has 0 aromatic heterocycles. The molecule has 2 heterocycles. The summed E-state index contributed by atoms with van der Waals surface area (Å²) in [4.78, 5) is 4.67. The van der Waals surface area contributed by atoms with Gasteiger partial charge >= 0.3 is 0 Å². The minimum Gasteiger partial charge on any atom is -0.362 e. The van der Waals surface area contributed by atoms with E-state index in [-0.39, 0.29) is 0 Å². The maximum atomic E-state index is 4.40. The third-order valence-corrected chi connectivity index (χ3v) is 5.85. The zero-order valence-corrected chi connectivity index (χ0v) is 19.3. The molecule has 1 aliphatic carbocycles. The van der Waals surface area contributed by atoms with E-state index in [0.717, 1.165) is 17.0 Å². The molecule has 1 aromatic carbocycles. The van der Waals surface area contributed by atoms with E-state index in [0.29, 0.717) is 5.54 Å². The quantitative estimate of drug-likeness (QED) is 0.493. The predicted octanol–water partition coefficient (Wildman–Crippen LogP) is 7.43. The Hall–Kier alpha value is -2.48. The molecule has 2 fully saturated rings. The fourth-order valence-corrected chi connectivity index (χ4v) is 3.95. The minimum absolute atomic E-state index is 0.450. The molecular formula is C27H38N2. The van der Waals surface area contributed by atoms with Crippen molar-refractivity contribution in [3.05, 3.63) is 89.9 Å². The van der Waals surface area contributed by atoms with Gasteiger partial charge in [0.1, 0.15) is 0 Å². The fraction of sp³-hybridized carbons (Fsp3) is 0.407. The molecule has 3 aliphatic rings. The largest absolute Gasteiger partial charge is 0.362 e. The normalized spacial score (nSPS) is 19.4. The Balaban J connectivity index is 0.000000707. The molecule has 0 amide bonds. The molecule has 156 valence electrons. The average Bonchev–Trinajstić information content (AvgIpc) is 3.52. The van der Waals surface area contributed by atoms with E-state index in [1.54, 1.807) is 0 Å². The number of benzene rings is 1. The second-order valence-corrected chi connectivity index (χ2v) is 7.51. The van der Waals surface area contributed by atoms with E-state index in [9.17, 15) is 0 Å². The Morgan fingerprint density at radius 3 is 2.28 bits per heavy atom. The highest BCUT2D eigenvalue weighted by Crippen LogP contribution is 2.52. The van der Waals surface area contributed by atoms with E-state index in [2.05, 4.69) is 85.5 Å². The average molecular weight is 391 g/mol. The molecule has 0 atom stereocenters. The van der Waals surface area contributed by atoms with Crippen LogP contribution in [-0.4, -0.2) is 21.9 Å². The lowest BCUT2D eigenvalue weighted by Crippen LogP contribution is -2.27. The molecule has 0 bridgehead atoms. The number of hydrogen-bond donors (Lipinski definition) is 0. The molecule has 1 saturated carbocycles. The van der Waals surface area contributed by atoms with Crippen LogP contribution in [0.5, 0.6) is 0 Å². The third-order valence-electron chi connectivity index (χ3n) is 5.85. The molecule has 2 nitrogen and oxygen atoms in total. The summed E-state index contributed by atoms with van der Waals surface area (Å²) in [6.45, 7) is 22.2. The molecule has 2 aliphatic heterocycles. The van der Waals surface area contributed by atoms with E-state index >= 15 is 0 Å². The van der Waals surface area contributed by atoms with Crippen molar-refractivity contribution in [2.75, 3.05) is 6.54 Å². The van der Waals surface area contributed by atoms with Gasteiger partial charge in [0.05, 0.1) is 11.2 Å². The van der Waals surface area contributed by atoms with Crippen molar-refractivity contribution in [2.45, 2.75) is 66.3 Å². The van der Waals surface area contributed by atoms with Crippen molar-refractivity contribution in [1.29, 1.82) is 0 Å². The highest BCUT2D eigenvalue weighted by atomic mass is 15.4. The summed E-state index contributed by atoms with van der Waals surface area (Å²) < 4.78 is 0. The minimum atomic E-state index is 0.450. The van der Waals surface area contributed by atoms with Gasteiger partial charge in [-0.25, -0.2) is 0 Å². The molecule has 1 saturated heterocycles. The standard InChI is InChI=1S/C23H26N2.2C2H6/c1-17-9-7-10-21(15-17)20(4)24-14-6-5-11-22(24)18(2)19(3)25-16-23(25)12-8-13-23;2*1-2/h5-7,9-11,14-15H,3-4,8,12-13,16H2,1-2H3;2*1-2H3/b22-18+;;. The van der Waals surface area contributed by atoms with Crippen LogP contribution >= 0.6 is 0 Å². The van der Waals surface area contributed by atoms with Gasteiger partial charge in [0.15, 0.2) is 0 Å². The Kier molecular flexibility index (Phi) is 7.73. The van der Waals surface area contributed by atoms with Gasteiger partial charge in [-0.05, 0) is 62.5 Å². The van der Waals surface area contributed by atoms with Gasteiger partial charge in [-0.1, -0.05) is 70.7 Å². The molecule has 1 aromatic rings.